The number of ether oxygens (including phenoxy) is 2. The van der Waals surface area contributed by atoms with Crippen LogP contribution in [-0.4, -0.2) is 162 Å². The first-order valence-electron chi connectivity index (χ1n) is 41.0. The van der Waals surface area contributed by atoms with Crippen LogP contribution < -0.4 is 47.7 Å². The highest BCUT2D eigenvalue weighted by Gasteiger charge is 2.42. The van der Waals surface area contributed by atoms with Crippen LogP contribution in [0.5, 0.6) is 0 Å². The number of carbonyl (C=O) groups is 5. The average molecular weight is 1810 g/mol. The molecule has 9 rings (SSSR count). The highest BCUT2D eigenvalue weighted by atomic mass is 35.7. The molecule has 0 spiro atoms. The van der Waals surface area contributed by atoms with Crippen molar-refractivity contribution in [1.29, 1.82) is 0 Å². The molecule has 6 aromatic rings. The summed E-state index contributed by atoms with van der Waals surface area (Å²) < 4.78 is 136. The predicted octanol–water partition coefficient (Wildman–Crippen LogP) is 13.3. The Morgan fingerprint density at radius 3 is 0.935 bits per heavy atom. The Hall–Kier alpha value is -7.79. The lowest BCUT2D eigenvalue weighted by atomic mass is 9.73. The third-order valence-corrected chi connectivity index (χ3v) is 23.0. The number of aliphatic hydroxyl groups excluding tert-OH is 3. The lowest BCUT2D eigenvalue weighted by Crippen LogP contribution is -2.54. The van der Waals surface area contributed by atoms with Crippen molar-refractivity contribution in [2.75, 3.05) is 46.4 Å². The number of sulfonamides is 1. The molecule has 3 aliphatic rings. The summed E-state index contributed by atoms with van der Waals surface area (Å²) in [6.07, 6.45) is 7.41. The number of alkyl carbamates (subject to hydrolysis) is 1. The van der Waals surface area contributed by atoms with E-state index in [2.05, 4.69) is 186 Å². The highest BCUT2D eigenvalue weighted by molar-refractivity contribution is 8.13. The number of aliphatic hydroxyl groups is 3. The molecule has 13 N–H and O–H groups in total. The van der Waals surface area contributed by atoms with Crippen molar-refractivity contribution in [2.45, 2.75) is 267 Å². The van der Waals surface area contributed by atoms with Gasteiger partial charge in [-0.25, -0.2) is 57.5 Å². The molecule has 684 valence electrons. The predicted molar refractivity (Wildman–Crippen MR) is 469 cm³/mol. The van der Waals surface area contributed by atoms with Crippen LogP contribution in [0.4, 0.5) is 35.9 Å². The first kappa shape index (κ1) is 106. The number of methoxy groups -OCH3 is 2. The molecule has 0 radical (unpaired) electrons. The molecule has 23 nitrogen and oxygen atoms in total. The van der Waals surface area contributed by atoms with Gasteiger partial charge in [0.25, 0.3) is 0 Å². The Kier molecular flexibility index (Phi) is 40.5. The van der Waals surface area contributed by atoms with Gasteiger partial charge in [0, 0.05) is 116 Å². The zero-order chi connectivity index (χ0) is 92.4. The van der Waals surface area contributed by atoms with Crippen molar-refractivity contribution >= 4 is 70.6 Å². The van der Waals surface area contributed by atoms with Crippen molar-refractivity contribution < 1.29 is 91.9 Å². The Balaban J connectivity index is 0.000000310. The maximum Gasteiger partial charge on any atom is 0.407 e. The van der Waals surface area contributed by atoms with E-state index in [1.54, 1.807) is 0 Å². The molecule has 0 aromatic heterocycles. The minimum absolute atomic E-state index is 0.00147. The van der Waals surface area contributed by atoms with Crippen molar-refractivity contribution in [2.24, 2.45) is 5.73 Å². The Morgan fingerprint density at radius 1 is 0.455 bits per heavy atom. The number of hydrogen-bond donors (Lipinski definition) is 12. The number of halogens is 8. The first-order chi connectivity index (χ1) is 57.0. The monoisotopic (exact) mass is 1810 g/mol. The summed E-state index contributed by atoms with van der Waals surface area (Å²) in [5.41, 5.74) is 11.8. The van der Waals surface area contributed by atoms with Crippen LogP contribution in [0.1, 0.15) is 210 Å². The maximum atomic E-state index is 13.8. The van der Waals surface area contributed by atoms with Crippen LogP contribution in [0.2, 0.25) is 0 Å². The molecule has 3 fully saturated rings. The van der Waals surface area contributed by atoms with E-state index >= 15 is 0 Å². The second kappa shape index (κ2) is 47.1. The topological polar surface area (TPSA) is 355 Å². The number of rotatable bonds is 27. The molecular formula is C90H127Cl2F6N9O14S2. The van der Waals surface area contributed by atoms with E-state index < -0.39 is 113 Å². The van der Waals surface area contributed by atoms with Gasteiger partial charge >= 0.3 is 11.5 Å². The second-order valence-corrected chi connectivity index (χ2v) is 40.6. The van der Waals surface area contributed by atoms with Gasteiger partial charge in [-0.15, -0.1) is 0 Å². The van der Waals surface area contributed by atoms with E-state index in [1.165, 1.54) is 82.5 Å². The third-order valence-electron chi connectivity index (χ3n) is 22.1. The minimum atomic E-state index is -3.34. The zero-order valence-electron chi connectivity index (χ0n) is 73.3. The summed E-state index contributed by atoms with van der Waals surface area (Å²) in [5.74, 6) is -5.29. The fourth-order valence-electron chi connectivity index (χ4n) is 15.6. The fraction of sp³-hybridized carbons (Fsp3) is 0.544. The van der Waals surface area contributed by atoms with E-state index in [-0.39, 0.29) is 96.5 Å². The summed E-state index contributed by atoms with van der Waals surface area (Å²) in [5, 5.41) is 55.3. The molecule has 0 bridgehead atoms. The van der Waals surface area contributed by atoms with Gasteiger partial charge in [0.1, 0.15) is 34.9 Å². The SMILES string of the molecule is CC(=O)N[C@@H](Cc1cc(F)cc(F)c1)[C@H](O)CNC1(c2cccc(C(C)(C)C)c2)CCC(N)CC1.CC(=O)N[C@@H](Cc1cc(F)cc(F)c1)[C@H](O)CNC1(c2cccc(C(C)(C)C)c2)CCC(NS(C)(=O)=O)CC1.COC(=O)Cl.COC(=O)NC1CCC(NC[C@@H](O)[C@H](Cc2cc(F)cc(F)c2)NC(C)=O)(c2cccc(C(C)(C)C)c2)CC1.CS(=O)(=O)Cl. The summed E-state index contributed by atoms with van der Waals surface area (Å²) in [7, 11) is 0.526. The van der Waals surface area contributed by atoms with Gasteiger partial charge in [-0.3, -0.25) is 14.4 Å². The molecule has 0 heterocycles. The van der Waals surface area contributed by atoms with Gasteiger partial charge in [0.15, 0.2) is 0 Å². The molecule has 0 unspecified atom stereocenters. The summed E-state index contributed by atoms with van der Waals surface area (Å²) in [6.45, 7) is 23.9. The van der Waals surface area contributed by atoms with Gasteiger partial charge in [-0.1, -0.05) is 135 Å². The highest BCUT2D eigenvalue weighted by Crippen LogP contribution is 2.43. The molecule has 3 saturated carbocycles. The van der Waals surface area contributed by atoms with Crippen LogP contribution in [0, 0.1) is 34.9 Å². The van der Waals surface area contributed by atoms with Gasteiger partial charge in [-0.05, 0) is 199 Å². The fourth-order valence-corrected chi connectivity index (χ4v) is 16.4. The van der Waals surface area contributed by atoms with Crippen molar-refractivity contribution in [3.05, 3.63) is 212 Å². The normalized spacial score (nSPS) is 20.7. The van der Waals surface area contributed by atoms with E-state index in [9.17, 15) is 82.5 Å². The zero-order valence-corrected chi connectivity index (χ0v) is 76.4. The number of carbonyl (C=O) groups excluding carboxylic acids is 5. The lowest BCUT2D eigenvalue weighted by molar-refractivity contribution is -0.121. The van der Waals surface area contributed by atoms with Crippen LogP contribution in [0.3, 0.4) is 0 Å². The summed E-state index contributed by atoms with van der Waals surface area (Å²) >= 11 is 4.60. The smallest absolute Gasteiger partial charge is 0.407 e. The van der Waals surface area contributed by atoms with E-state index in [0.29, 0.717) is 68.1 Å². The minimum Gasteiger partial charge on any atom is -0.457 e. The molecular weight excluding hydrogens is 1680 g/mol. The van der Waals surface area contributed by atoms with E-state index in [1.807, 2.05) is 18.2 Å². The summed E-state index contributed by atoms with van der Waals surface area (Å²) in [4.78, 5) is 56.8. The summed E-state index contributed by atoms with van der Waals surface area (Å²) in [6, 6.07) is 32.5. The number of benzene rings is 6. The molecule has 6 atom stereocenters. The van der Waals surface area contributed by atoms with Crippen LogP contribution in [0.15, 0.2) is 127 Å². The Bertz CT molecular complexity index is 4620. The number of nitrogens with one attached hydrogen (secondary N) is 8. The number of amides is 4. The molecule has 3 aliphatic carbocycles. The van der Waals surface area contributed by atoms with Crippen LogP contribution >= 0.6 is 22.3 Å². The largest absolute Gasteiger partial charge is 0.457 e. The van der Waals surface area contributed by atoms with Crippen molar-refractivity contribution in [3.63, 3.8) is 0 Å². The average Bonchev–Trinajstić information content (AvgIpc) is 0.786. The van der Waals surface area contributed by atoms with Crippen LogP contribution in [-0.2, 0) is 95.1 Å². The van der Waals surface area contributed by atoms with Gasteiger partial charge in [0.2, 0.25) is 36.8 Å². The molecule has 0 saturated heterocycles. The lowest BCUT2D eigenvalue weighted by Gasteiger charge is -2.43. The molecule has 0 aliphatic heterocycles. The molecule has 33 heteroatoms. The van der Waals surface area contributed by atoms with Crippen molar-refractivity contribution in [1.82, 2.24) is 41.9 Å². The Morgan fingerprint density at radius 2 is 0.707 bits per heavy atom. The van der Waals surface area contributed by atoms with E-state index in [0.717, 1.165) is 78.6 Å². The first-order valence-corrected chi connectivity index (χ1v) is 46.0. The molecule has 123 heavy (non-hydrogen) atoms. The molecule has 4 amide bonds. The molecule has 6 aromatic carbocycles. The Labute approximate surface area is 731 Å². The van der Waals surface area contributed by atoms with Crippen LogP contribution in [0.25, 0.3) is 0 Å². The standard InChI is InChI=1S/C30H41F2N3O4.C29H41F2N3O4S.C28H39F2N3O2.C2H3ClO2.CH3ClO2S/c1-19(36)34-26(15-20-13-23(31)17-24(32)14-20)27(37)18-33-30(11-9-25(10-12-30)35-28(38)39-5)22-8-6-7-21(16-22)29(2,3)4;1-19(35)33-26(15-20-13-23(30)17-24(31)14-20)27(36)18-32-29(11-9-25(10-12-29)34-39(5,37)38)22-8-6-7-21(16-22)28(2,3)4;1-18(34)33-25(14-19-12-22(29)16-23(30)13-19)26(35)17-32-28(10-8-24(31)9-11-28)21-7-5-6-20(15-21)27(2,3)4;1-5-2(3)4;1-5(2,3)4/h6-8,13-14,16-17,25-27,33,37H,9-12,15,18H2,1-5H3,(H,34,36)(H,35,38);6-8,13-14,16-17,25-27,32,34,36H,9-12,15,18H2,1-5H3,(H,33,35);5-7,12-13,15-16,24-26,32,35H,8-11,14,17,31H2,1-4H3,(H,33,34);2*1H3/t25?,26-,27+,30?;25?,26-,27+,29?;24?,25-,26+,28?;;/m000../s1. The van der Waals surface area contributed by atoms with Gasteiger partial charge in [0.05, 0.1) is 63.2 Å². The second-order valence-electron chi connectivity index (χ2n) is 35.5. The number of nitrogens with two attached hydrogens (primary N) is 1. The van der Waals surface area contributed by atoms with E-state index in [4.69, 9.17) is 10.5 Å². The quantitative estimate of drug-likeness (QED) is 0.0168. The maximum absolute atomic E-state index is 13.8. The number of hydrogen-bond acceptors (Lipinski definition) is 18. The van der Waals surface area contributed by atoms with Crippen molar-refractivity contribution in [3.8, 4) is 0 Å². The third kappa shape index (κ3) is 37.0. The van der Waals surface area contributed by atoms with Gasteiger partial charge in [-0.2, -0.15) is 0 Å². The van der Waals surface area contributed by atoms with Gasteiger partial charge < -0.3 is 67.7 Å².